The number of rotatable bonds is 7. The van der Waals surface area contributed by atoms with Crippen molar-refractivity contribution in [3.8, 4) is 5.75 Å². The second-order valence-electron chi connectivity index (χ2n) is 6.09. The van der Waals surface area contributed by atoms with Gasteiger partial charge in [-0.3, -0.25) is 9.59 Å². The molecule has 0 heterocycles. The van der Waals surface area contributed by atoms with E-state index < -0.39 is 0 Å². The van der Waals surface area contributed by atoms with Crippen molar-refractivity contribution in [1.82, 2.24) is 5.32 Å². The molecule has 0 spiro atoms. The molecule has 2 aromatic carbocycles. The van der Waals surface area contributed by atoms with Gasteiger partial charge < -0.3 is 15.4 Å². The lowest BCUT2D eigenvalue weighted by Gasteiger charge is -2.12. The molecule has 2 rings (SSSR count). The fourth-order valence-corrected chi connectivity index (χ4v) is 2.21. The molecule has 0 radical (unpaired) electrons. The number of benzene rings is 2. The molecule has 5 nitrogen and oxygen atoms in total. The Hall–Kier alpha value is -2.82. The van der Waals surface area contributed by atoms with Crippen LogP contribution in [0.15, 0.2) is 48.5 Å². The van der Waals surface area contributed by atoms with Crippen molar-refractivity contribution in [2.24, 2.45) is 5.92 Å². The van der Waals surface area contributed by atoms with E-state index in [1.165, 1.54) is 0 Å². The monoisotopic (exact) mass is 340 g/mol. The Labute approximate surface area is 148 Å². The first kappa shape index (κ1) is 18.5. The molecule has 0 unspecified atom stereocenters. The van der Waals surface area contributed by atoms with Crippen LogP contribution in [0.2, 0.25) is 0 Å². The van der Waals surface area contributed by atoms with Gasteiger partial charge in [0, 0.05) is 12.1 Å². The standard InChI is InChI=1S/C20H24N2O3/c1-4-21-20(24)17-7-5-6-8-18(17)22-19(23)15-9-11-16(12-10-15)25-13-14(2)3/h5-12,14H,4,13H2,1-3H3,(H,21,24)(H,22,23). The molecule has 2 aromatic rings. The number of nitrogens with one attached hydrogen (secondary N) is 2. The maximum Gasteiger partial charge on any atom is 0.255 e. The van der Waals surface area contributed by atoms with Crippen molar-refractivity contribution < 1.29 is 14.3 Å². The number of carbonyl (C=O) groups excluding carboxylic acids is 2. The molecule has 2 N–H and O–H groups in total. The maximum atomic E-state index is 12.4. The second-order valence-corrected chi connectivity index (χ2v) is 6.09. The summed E-state index contributed by atoms with van der Waals surface area (Å²) < 4.78 is 5.61. The molecule has 132 valence electrons. The van der Waals surface area contributed by atoms with Gasteiger partial charge in [0.2, 0.25) is 0 Å². The minimum absolute atomic E-state index is 0.212. The van der Waals surface area contributed by atoms with Gasteiger partial charge in [0.1, 0.15) is 5.75 Å². The van der Waals surface area contributed by atoms with Gasteiger partial charge in [-0.05, 0) is 49.2 Å². The molecular formula is C20H24N2O3. The van der Waals surface area contributed by atoms with Crippen LogP contribution in [0.4, 0.5) is 5.69 Å². The van der Waals surface area contributed by atoms with E-state index in [1.807, 2.05) is 6.92 Å². The van der Waals surface area contributed by atoms with Gasteiger partial charge in [-0.1, -0.05) is 26.0 Å². The highest BCUT2D eigenvalue weighted by molar-refractivity contribution is 6.09. The second kappa shape index (κ2) is 8.87. The van der Waals surface area contributed by atoms with E-state index in [0.717, 1.165) is 5.75 Å². The third-order valence-corrected chi connectivity index (χ3v) is 3.46. The van der Waals surface area contributed by atoms with Gasteiger partial charge in [0.15, 0.2) is 0 Å². The van der Waals surface area contributed by atoms with E-state index in [9.17, 15) is 9.59 Å². The fraction of sp³-hybridized carbons (Fsp3) is 0.300. The van der Waals surface area contributed by atoms with Gasteiger partial charge >= 0.3 is 0 Å². The highest BCUT2D eigenvalue weighted by Crippen LogP contribution is 2.18. The van der Waals surface area contributed by atoms with E-state index in [0.29, 0.717) is 35.9 Å². The van der Waals surface area contributed by atoms with Crippen molar-refractivity contribution >= 4 is 17.5 Å². The Kier molecular flexibility index (Phi) is 6.57. The normalized spacial score (nSPS) is 10.4. The van der Waals surface area contributed by atoms with E-state index in [1.54, 1.807) is 48.5 Å². The van der Waals surface area contributed by atoms with Crippen LogP contribution in [-0.2, 0) is 0 Å². The zero-order chi connectivity index (χ0) is 18.2. The maximum absolute atomic E-state index is 12.4. The highest BCUT2D eigenvalue weighted by Gasteiger charge is 2.13. The van der Waals surface area contributed by atoms with Crippen LogP contribution >= 0.6 is 0 Å². The van der Waals surface area contributed by atoms with Crippen LogP contribution in [0.3, 0.4) is 0 Å². The number of hydrogen-bond acceptors (Lipinski definition) is 3. The first-order valence-electron chi connectivity index (χ1n) is 8.42. The number of ether oxygens (including phenoxy) is 1. The first-order valence-corrected chi connectivity index (χ1v) is 8.42. The van der Waals surface area contributed by atoms with Crippen molar-refractivity contribution in [2.45, 2.75) is 20.8 Å². The largest absolute Gasteiger partial charge is 0.493 e. The van der Waals surface area contributed by atoms with Crippen molar-refractivity contribution in [2.75, 3.05) is 18.5 Å². The van der Waals surface area contributed by atoms with Crippen molar-refractivity contribution in [1.29, 1.82) is 0 Å². The average Bonchev–Trinajstić information content (AvgIpc) is 2.61. The van der Waals surface area contributed by atoms with Crippen molar-refractivity contribution in [3.05, 3.63) is 59.7 Å². The predicted octanol–water partition coefficient (Wildman–Crippen LogP) is 3.72. The summed E-state index contributed by atoms with van der Waals surface area (Å²) in [5, 5.41) is 5.53. The van der Waals surface area contributed by atoms with Crippen LogP contribution in [0.5, 0.6) is 5.75 Å². The van der Waals surface area contributed by atoms with E-state index in [4.69, 9.17) is 4.74 Å². The Bertz CT molecular complexity index is 724. The van der Waals surface area contributed by atoms with Crippen LogP contribution in [0, 0.1) is 5.92 Å². The Morgan fingerprint density at radius 1 is 1.00 bits per heavy atom. The summed E-state index contributed by atoms with van der Waals surface area (Å²) in [6, 6.07) is 13.9. The van der Waals surface area contributed by atoms with Crippen LogP contribution in [0.1, 0.15) is 41.5 Å². The molecule has 0 saturated carbocycles. The summed E-state index contributed by atoms with van der Waals surface area (Å²) in [6.07, 6.45) is 0. The zero-order valence-electron chi connectivity index (χ0n) is 14.8. The molecule has 0 aliphatic heterocycles. The van der Waals surface area contributed by atoms with Gasteiger partial charge in [-0.2, -0.15) is 0 Å². The molecule has 0 fully saturated rings. The lowest BCUT2D eigenvalue weighted by atomic mass is 10.1. The quantitative estimate of drug-likeness (QED) is 0.807. The number of para-hydroxylation sites is 1. The van der Waals surface area contributed by atoms with Crippen molar-refractivity contribution in [3.63, 3.8) is 0 Å². The molecule has 0 aliphatic carbocycles. The summed E-state index contributed by atoms with van der Waals surface area (Å²) >= 11 is 0. The number of anilines is 1. The van der Waals surface area contributed by atoms with Crippen LogP contribution in [0.25, 0.3) is 0 Å². The Morgan fingerprint density at radius 3 is 2.32 bits per heavy atom. The highest BCUT2D eigenvalue weighted by atomic mass is 16.5. The van der Waals surface area contributed by atoms with Gasteiger partial charge in [0.25, 0.3) is 11.8 Å². The Morgan fingerprint density at radius 2 is 1.68 bits per heavy atom. The van der Waals surface area contributed by atoms with Gasteiger partial charge in [-0.15, -0.1) is 0 Å². The minimum Gasteiger partial charge on any atom is -0.493 e. The van der Waals surface area contributed by atoms with Gasteiger partial charge in [-0.25, -0.2) is 0 Å². The minimum atomic E-state index is -0.271. The molecule has 25 heavy (non-hydrogen) atoms. The number of carbonyl (C=O) groups is 2. The summed E-state index contributed by atoms with van der Waals surface area (Å²) in [7, 11) is 0. The average molecular weight is 340 g/mol. The summed E-state index contributed by atoms with van der Waals surface area (Å²) in [5.41, 5.74) is 1.43. The smallest absolute Gasteiger partial charge is 0.255 e. The van der Waals surface area contributed by atoms with E-state index in [-0.39, 0.29) is 11.8 Å². The fourth-order valence-electron chi connectivity index (χ4n) is 2.21. The topological polar surface area (TPSA) is 67.4 Å². The molecular weight excluding hydrogens is 316 g/mol. The SMILES string of the molecule is CCNC(=O)c1ccccc1NC(=O)c1ccc(OCC(C)C)cc1. The lowest BCUT2D eigenvalue weighted by Crippen LogP contribution is -2.24. The molecule has 2 amide bonds. The zero-order valence-corrected chi connectivity index (χ0v) is 14.8. The van der Waals surface area contributed by atoms with Crippen LogP contribution < -0.4 is 15.4 Å². The molecule has 0 saturated heterocycles. The van der Waals surface area contributed by atoms with E-state index in [2.05, 4.69) is 24.5 Å². The molecule has 0 atom stereocenters. The number of amides is 2. The molecule has 0 bridgehead atoms. The molecule has 5 heteroatoms. The summed E-state index contributed by atoms with van der Waals surface area (Å²) in [6.45, 7) is 7.16. The predicted molar refractivity (Wildman–Crippen MR) is 99.2 cm³/mol. The molecule has 0 aromatic heterocycles. The third-order valence-electron chi connectivity index (χ3n) is 3.46. The lowest BCUT2D eigenvalue weighted by molar-refractivity contribution is 0.0956. The molecule has 0 aliphatic rings. The summed E-state index contributed by atoms with van der Waals surface area (Å²) in [5.74, 6) is 0.685. The number of hydrogen-bond donors (Lipinski definition) is 2. The van der Waals surface area contributed by atoms with Crippen LogP contribution in [-0.4, -0.2) is 25.0 Å². The Balaban J connectivity index is 2.08. The van der Waals surface area contributed by atoms with E-state index >= 15 is 0 Å². The summed E-state index contributed by atoms with van der Waals surface area (Å²) in [4.78, 5) is 24.5. The first-order chi connectivity index (χ1) is 12.0. The van der Waals surface area contributed by atoms with Gasteiger partial charge in [0.05, 0.1) is 17.9 Å². The third kappa shape index (κ3) is 5.35.